The minimum atomic E-state index is 0.240. The number of rotatable bonds is 3. The van der Waals surface area contributed by atoms with E-state index in [1.54, 1.807) is 6.07 Å². The van der Waals surface area contributed by atoms with Crippen molar-refractivity contribution >= 4 is 23.2 Å². The normalized spacial score (nSPS) is 10.4. The van der Waals surface area contributed by atoms with Crippen LogP contribution < -0.4 is 4.74 Å². The summed E-state index contributed by atoms with van der Waals surface area (Å²) in [5.74, 6) is 1.15. The summed E-state index contributed by atoms with van der Waals surface area (Å²) in [6.07, 6.45) is 0. The number of aromatic nitrogens is 2. The Morgan fingerprint density at radius 3 is 2.56 bits per heavy atom. The van der Waals surface area contributed by atoms with Gasteiger partial charge in [-0.25, -0.2) is 9.97 Å². The van der Waals surface area contributed by atoms with E-state index in [0.717, 1.165) is 11.3 Å². The fourth-order valence-corrected chi connectivity index (χ4v) is 2.06. The first-order valence-corrected chi connectivity index (χ1v) is 6.19. The highest BCUT2D eigenvalue weighted by molar-refractivity contribution is 6.32. The summed E-state index contributed by atoms with van der Waals surface area (Å²) < 4.78 is 5.57. The van der Waals surface area contributed by atoms with Crippen LogP contribution in [0.2, 0.25) is 10.2 Å². The zero-order valence-corrected chi connectivity index (χ0v) is 11.6. The average molecular weight is 283 g/mol. The van der Waals surface area contributed by atoms with E-state index in [0.29, 0.717) is 21.7 Å². The van der Waals surface area contributed by atoms with Gasteiger partial charge in [0.2, 0.25) is 0 Å². The van der Waals surface area contributed by atoms with Crippen molar-refractivity contribution in [1.82, 2.24) is 9.97 Å². The average Bonchev–Trinajstić information content (AvgIpc) is 2.26. The molecule has 1 heterocycles. The summed E-state index contributed by atoms with van der Waals surface area (Å²) in [5.41, 5.74) is 1.89. The minimum Gasteiger partial charge on any atom is -0.484 e. The van der Waals surface area contributed by atoms with Crippen molar-refractivity contribution in [2.75, 3.05) is 0 Å². The molecule has 0 aliphatic carbocycles. The minimum absolute atomic E-state index is 0.240. The molecule has 0 saturated heterocycles. The van der Waals surface area contributed by atoms with Gasteiger partial charge in [0.1, 0.15) is 17.5 Å². The zero-order chi connectivity index (χ0) is 13.1. The lowest BCUT2D eigenvalue weighted by atomic mass is 10.2. The molecule has 0 amide bonds. The van der Waals surface area contributed by atoms with Gasteiger partial charge in [-0.2, -0.15) is 0 Å². The first kappa shape index (κ1) is 13.1. The maximum atomic E-state index is 6.07. The maximum absolute atomic E-state index is 6.07. The zero-order valence-electron chi connectivity index (χ0n) is 10.1. The molecule has 5 heteroatoms. The number of hydrogen-bond acceptors (Lipinski definition) is 3. The molecule has 0 spiro atoms. The smallest absolute Gasteiger partial charge is 0.167 e. The summed E-state index contributed by atoms with van der Waals surface area (Å²) in [6, 6.07) is 7.31. The highest BCUT2D eigenvalue weighted by Crippen LogP contribution is 2.25. The van der Waals surface area contributed by atoms with Crippen molar-refractivity contribution in [1.29, 1.82) is 0 Å². The van der Waals surface area contributed by atoms with Gasteiger partial charge < -0.3 is 4.74 Å². The number of hydrogen-bond donors (Lipinski definition) is 0. The second kappa shape index (κ2) is 5.55. The van der Waals surface area contributed by atoms with Crippen LogP contribution in [0.1, 0.15) is 17.1 Å². The second-order valence-electron chi connectivity index (χ2n) is 3.97. The quantitative estimate of drug-likeness (QED) is 0.799. The molecule has 0 atom stereocenters. The van der Waals surface area contributed by atoms with Crippen molar-refractivity contribution in [3.63, 3.8) is 0 Å². The summed E-state index contributed by atoms with van der Waals surface area (Å²) in [7, 11) is 0. The van der Waals surface area contributed by atoms with E-state index in [-0.39, 0.29) is 6.61 Å². The number of halogens is 2. The van der Waals surface area contributed by atoms with E-state index in [4.69, 9.17) is 27.9 Å². The van der Waals surface area contributed by atoms with Gasteiger partial charge in [-0.1, -0.05) is 29.3 Å². The molecule has 0 unspecified atom stereocenters. The van der Waals surface area contributed by atoms with Crippen molar-refractivity contribution in [2.45, 2.75) is 20.5 Å². The van der Waals surface area contributed by atoms with Crippen molar-refractivity contribution < 1.29 is 4.74 Å². The molecule has 3 nitrogen and oxygen atoms in total. The Hall–Kier alpha value is -1.32. The third kappa shape index (κ3) is 3.34. The van der Waals surface area contributed by atoms with Gasteiger partial charge in [-0.3, -0.25) is 0 Å². The lowest BCUT2D eigenvalue weighted by Crippen LogP contribution is -2.03. The van der Waals surface area contributed by atoms with Gasteiger partial charge in [0, 0.05) is 5.69 Å². The second-order valence-corrected chi connectivity index (χ2v) is 4.77. The van der Waals surface area contributed by atoms with E-state index in [1.165, 1.54) is 0 Å². The van der Waals surface area contributed by atoms with Gasteiger partial charge >= 0.3 is 0 Å². The molecule has 2 aromatic rings. The van der Waals surface area contributed by atoms with Crippen molar-refractivity contribution in [3.05, 3.63) is 51.5 Å². The molecule has 1 aromatic carbocycles. The van der Waals surface area contributed by atoms with E-state index >= 15 is 0 Å². The standard InChI is InChI=1S/C13H12Cl2N2O/c1-8-3-4-11(10(14)5-8)18-7-13-16-9(2)6-12(15)17-13/h3-6H,7H2,1-2H3. The summed E-state index contributed by atoms with van der Waals surface area (Å²) in [6.45, 7) is 4.07. The van der Waals surface area contributed by atoms with Crippen LogP contribution in [0.5, 0.6) is 5.75 Å². The molecule has 0 aliphatic heterocycles. The Kier molecular flexibility index (Phi) is 4.04. The molecule has 1 aromatic heterocycles. The van der Waals surface area contributed by atoms with E-state index in [1.807, 2.05) is 32.0 Å². The van der Waals surface area contributed by atoms with Gasteiger partial charge in [-0.05, 0) is 37.6 Å². The van der Waals surface area contributed by atoms with Crippen LogP contribution in [0.15, 0.2) is 24.3 Å². The number of ether oxygens (including phenoxy) is 1. The molecule has 94 valence electrons. The predicted molar refractivity (Wildman–Crippen MR) is 72.3 cm³/mol. The molecule has 0 fully saturated rings. The van der Waals surface area contributed by atoms with Crippen LogP contribution >= 0.6 is 23.2 Å². The molecule has 0 radical (unpaired) electrons. The third-order valence-corrected chi connectivity index (χ3v) is 2.80. The number of benzene rings is 1. The molecule has 0 bridgehead atoms. The molecular formula is C13H12Cl2N2O. The Balaban J connectivity index is 2.11. The predicted octanol–water partition coefficient (Wildman–Crippen LogP) is 3.98. The fraction of sp³-hybridized carbons (Fsp3) is 0.231. The van der Waals surface area contributed by atoms with Gasteiger partial charge in [0.05, 0.1) is 5.02 Å². The summed E-state index contributed by atoms with van der Waals surface area (Å²) in [5, 5.41) is 0.991. The number of nitrogens with zero attached hydrogens (tertiary/aromatic N) is 2. The Labute approximate surface area is 116 Å². The lowest BCUT2D eigenvalue weighted by Gasteiger charge is -2.08. The van der Waals surface area contributed by atoms with Crippen LogP contribution in [0.3, 0.4) is 0 Å². The largest absolute Gasteiger partial charge is 0.484 e. The van der Waals surface area contributed by atoms with Gasteiger partial charge in [0.15, 0.2) is 5.82 Å². The molecular weight excluding hydrogens is 271 g/mol. The third-order valence-electron chi connectivity index (χ3n) is 2.31. The lowest BCUT2D eigenvalue weighted by molar-refractivity contribution is 0.295. The molecule has 0 saturated carbocycles. The van der Waals surface area contributed by atoms with E-state index in [2.05, 4.69) is 9.97 Å². The highest BCUT2D eigenvalue weighted by Gasteiger charge is 2.05. The Bertz CT molecular complexity index is 553. The van der Waals surface area contributed by atoms with Crippen LogP contribution in [0, 0.1) is 13.8 Å². The Morgan fingerprint density at radius 1 is 1.11 bits per heavy atom. The number of aryl methyl sites for hydroxylation is 2. The summed E-state index contributed by atoms with van der Waals surface area (Å²) in [4.78, 5) is 8.32. The maximum Gasteiger partial charge on any atom is 0.167 e. The molecule has 0 N–H and O–H groups in total. The fourth-order valence-electron chi connectivity index (χ4n) is 1.52. The topological polar surface area (TPSA) is 35.0 Å². The van der Waals surface area contributed by atoms with E-state index < -0.39 is 0 Å². The Morgan fingerprint density at radius 2 is 1.89 bits per heavy atom. The van der Waals surface area contributed by atoms with Crippen LogP contribution in [-0.4, -0.2) is 9.97 Å². The molecule has 0 aliphatic rings. The van der Waals surface area contributed by atoms with Crippen LogP contribution in [-0.2, 0) is 6.61 Å². The first-order chi connectivity index (χ1) is 8.54. The summed E-state index contributed by atoms with van der Waals surface area (Å²) >= 11 is 11.9. The molecule has 2 rings (SSSR count). The SMILES string of the molecule is Cc1ccc(OCc2nc(C)cc(Cl)n2)c(Cl)c1. The highest BCUT2D eigenvalue weighted by atomic mass is 35.5. The van der Waals surface area contributed by atoms with E-state index in [9.17, 15) is 0 Å². The van der Waals surface area contributed by atoms with Crippen LogP contribution in [0.4, 0.5) is 0 Å². The van der Waals surface area contributed by atoms with Crippen molar-refractivity contribution in [2.24, 2.45) is 0 Å². The van der Waals surface area contributed by atoms with Crippen LogP contribution in [0.25, 0.3) is 0 Å². The monoisotopic (exact) mass is 282 g/mol. The van der Waals surface area contributed by atoms with Gasteiger partial charge in [-0.15, -0.1) is 0 Å². The van der Waals surface area contributed by atoms with Crippen molar-refractivity contribution in [3.8, 4) is 5.75 Å². The first-order valence-electron chi connectivity index (χ1n) is 5.43. The molecule has 18 heavy (non-hydrogen) atoms. The van der Waals surface area contributed by atoms with Gasteiger partial charge in [0.25, 0.3) is 0 Å².